The highest BCUT2D eigenvalue weighted by Gasteiger charge is 2.16. The van der Waals surface area contributed by atoms with Crippen molar-refractivity contribution in [1.29, 1.82) is 0 Å². The first-order chi connectivity index (χ1) is 9.31. The molecule has 3 N–H and O–H groups in total. The average molecular weight is 296 g/mol. The summed E-state index contributed by atoms with van der Waals surface area (Å²) >= 11 is 3.99. The lowest BCUT2D eigenvalue weighted by molar-refractivity contribution is 0.0953. The van der Waals surface area contributed by atoms with Gasteiger partial charge in [0.05, 0.1) is 4.58 Å². The Balaban J connectivity index is 1.91. The van der Waals surface area contributed by atoms with E-state index in [9.17, 15) is 4.79 Å². The maximum Gasteiger partial charge on any atom is 0.251 e. The van der Waals surface area contributed by atoms with Crippen LogP contribution in [0.25, 0.3) is 0 Å². The topological polar surface area (TPSA) is 55.1 Å². The van der Waals surface area contributed by atoms with Crippen LogP contribution >= 0.6 is 23.5 Å². The molecule has 0 radical (unpaired) electrons. The Morgan fingerprint density at radius 1 is 1.26 bits per heavy atom. The highest BCUT2D eigenvalue weighted by molar-refractivity contribution is 8.16. The fraction of sp³-hybridized carbons (Fsp3) is 0.500. The Bertz CT molecular complexity index is 402. The fourth-order valence-corrected chi connectivity index (χ4v) is 4.77. The molecule has 0 spiro atoms. The van der Waals surface area contributed by atoms with Gasteiger partial charge in [-0.05, 0) is 48.6 Å². The average Bonchev–Trinajstić information content (AvgIpc) is 2.48. The van der Waals surface area contributed by atoms with Crippen molar-refractivity contribution in [3.05, 3.63) is 35.4 Å². The molecule has 5 heteroatoms. The third-order valence-corrected chi connectivity index (χ3v) is 5.95. The normalized spacial score (nSPS) is 16.3. The van der Waals surface area contributed by atoms with E-state index in [2.05, 4.69) is 17.4 Å². The van der Waals surface area contributed by atoms with Crippen molar-refractivity contribution in [1.82, 2.24) is 5.32 Å². The van der Waals surface area contributed by atoms with Crippen LogP contribution in [0.15, 0.2) is 24.3 Å². The van der Waals surface area contributed by atoms with Crippen molar-refractivity contribution in [3.63, 3.8) is 0 Å². The van der Waals surface area contributed by atoms with Gasteiger partial charge in [0.15, 0.2) is 0 Å². The molecule has 1 amide bonds. The van der Waals surface area contributed by atoms with Crippen molar-refractivity contribution in [2.45, 2.75) is 17.4 Å². The molecule has 0 unspecified atom stereocenters. The van der Waals surface area contributed by atoms with Gasteiger partial charge in [-0.1, -0.05) is 12.1 Å². The SMILES string of the molecule is NCCCNC(=O)c1ccc(C2SCCCS2)cc1. The quantitative estimate of drug-likeness (QED) is 0.820. The molecule has 19 heavy (non-hydrogen) atoms. The first kappa shape index (κ1) is 14.8. The Hall–Kier alpha value is -0.650. The number of hydrogen-bond donors (Lipinski definition) is 2. The molecule has 1 fully saturated rings. The van der Waals surface area contributed by atoms with Crippen LogP contribution in [-0.2, 0) is 0 Å². The maximum atomic E-state index is 11.8. The Morgan fingerprint density at radius 3 is 2.58 bits per heavy atom. The summed E-state index contributed by atoms with van der Waals surface area (Å²) in [5.74, 6) is 2.46. The molecule has 1 aliphatic rings. The molecule has 0 aromatic heterocycles. The highest BCUT2D eigenvalue weighted by Crippen LogP contribution is 2.43. The number of carbonyl (C=O) groups is 1. The van der Waals surface area contributed by atoms with Crippen LogP contribution < -0.4 is 11.1 Å². The van der Waals surface area contributed by atoms with Crippen LogP contribution in [0.2, 0.25) is 0 Å². The van der Waals surface area contributed by atoms with Gasteiger partial charge >= 0.3 is 0 Å². The second-order valence-corrected chi connectivity index (χ2v) is 7.17. The number of nitrogens with two attached hydrogens (primary N) is 1. The molecule has 1 heterocycles. The van der Waals surface area contributed by atoms with Crippen LogP contribution in [0.1, 0.15) is 33.3 Å². The Kier molecular flexibility index (Phi) is 6.07. The smallest absolute Gasteiger partial charge is 0.251 e. The monoisotopic (exact) mass is 296 g/mol. The third-order valence-electron chi connectivity index (χ3n) is 2.94. The van der Waals surface area contributed by atoms with E-state index in [0.29, 0.717) is 17.7 Å². The first-order valence-corrected chi connectivity index (χ1v) is 8.72. The van der Waals surface area contributed by atoms with Gasteiger partial charge in [-0.15, -0.1) is 23.5 Å². The summed E-state index contributed by atoms with van der Waals surface area (Å²) in [5, 5.41) is 2.87. The van der Waals surface area contributed by atoms with Crippen molar-refractivity contribution >= 4 is 29.4 Å². The standard InChI is InChI=1S/C14H20N2OS2/c15-7-1-8-16-13(17)11-3-5-12(6-4-11)14-18-9-2-10-19-14/h3-6,14H,1-2,7-10,15H2,(H,16,17). The van der Waals surface area contributed by atoms with Crippen LogP contribution in [0.5, 0.6) is 0 Å². The number of carbonyl (C=O) groups excluding carboxylic acids is 1. The number of amides is 1. The summed E-state index contributed by atoms with van der Waals surface area (Å²) in [6, 6.07) is 7.99. The van der Waals surface area contributed by atoms with Crippen molar-refractivity contribution < 1.29 is 4.79 Å². The van der Waals surface area contributed by atoms with E-state index in [4.69, 9.17) is 5.73 Å². The Morgan fingerprint density at radius 2 is 1.95 bits per heavy atom. The fourth-order valence-electron chi connectivity index (χ4n) is 1.88. The number of thioether (sulfide) groups is 2. The zero-order chi connectivity index (χ0) is 13.5. The maximum absolute atomic E-state index is 11.8. The number of rotatable bonds is 5. The second kappa shape index (κ2) is 7.82. The Labute approximate surface area is 123 Å². The van der Waals surface area contributed by atoms with Crippen LogP contribution in [0, 0.1) is 0 Å². The minimum absolute atomic E-state index is 0.0102. The predicted octanol–water partition coefficient (Wildman–Crippen LogP) is 2.63. The summed E-state index contributed by atoms with van der Waals surface area (Å²) in [4.78, 5) is 11.8. The number of benzene rings is 1. The zero-order valence-electron chi connectivity index (χ0n) is 10.9. The van der Waals surface area contributed by atoms with Crippen LogP contribution in [-0.4, -0.2) is 30.5 Å². The molecule has 0 atom stereocenters. The van der Waals surface area contributed by atoms with Crippen molar-refractivity contribution in [2.24, 2.45) is 5.73 Å². The molecule has 2 rings (SSSR count). The van der Waals surface area contributed by atoms with E-state index in [1.165, 1.54) is 23.5 Å². The van der Waals surface area contributed by atoms with Crippen molar-refractivity contribution in [2.75, 3.05) is 24.6 Å². The molecule has 1 aliphatic heterocycles. The van der Waals surface area contributed by atoms with Gasteiger partial charge in [0, 0.05) is 12.1 Å². The van der Waals surface area contributed by atoms with Gasteiger partial charge in [-0.3, -0.25) is 4.79 Å². The molecule has 0 saturated carbocycles. The minimum atomic E-state index is -0.0102. The highest BCUT2D eigenvalue weighted by atomic mass is 32.2. The minimum Gasteiger partial charge on any atom is -0.352 e. The summed E-state index contributed by atoms with van der Waals surface area (Å²) < 4.78 is 0.531. The largest absolute Gasteiger partial charge is 0.352 e. The summed E-state index contributed by atoms with van der Waals surface area (Å²) in [5.41, 5.74) is 7.44. The number of nitrogens with one attached hydrogen (secondary N) is 1. The van der Waals surface area contributed by atoms with E-state index >= 15 is 0 Å². The molecule has 3 nitrogen and oxygen atoms in total. The molecule has 1 aromatic rings. The van der Waals surface area contributed by atoms with Crippen LogP contribution in [0.3, 0.4) is 0 Å². The van der Waals surface area contributed by atoms with E-state index in [1.54, 1.807) is 0 Å². The van der Waals surface area contributed by atoms with E-state index in [-0.39, 0.29) is 5.91 Å². The molecule has 1 saturated heterocycles. The van der Waals surface area contributed by atoms with E-state index < -0.39 is 0 Å². The van der Waals surface area contributed by atoms with Gasteiger partial charge in [-0.25, -0.2) is 0 Å². The number of hydrogen-bond acceptors (Lipinski definition) is 4. The lowest BCUT2D eigenvalue weighted by Gasteiger charge is -2.21. The van der Waals surface area contributed by atoms with Gasteiger partial charge in [0.25, 0.3) is 5.91 Å². The van der Waals surface area contributed by atoms with Gasteiger partial charge in [0.2, 0.25) is 0 Å². The lowest BCUT2D eigenvalue weighted by Crippen LogP contribution is -2.25. The molecule has 104 valence electrons. The molecular formula is C14H20N2OS2. The molecule has 0 bridgehead atoms. The zero-order valence-corrected chi connectivity index (χ0v) is 12.6. The van der Waals surface area contributed by atoms with Crippen LogP contribution in [0.4, 0.5) is 0 Å². The lowest BCUT2D eigenvalue weighted by atomic mass is 10.1. The van der Waals surface area contributed by atoms with Gasteiger partial charge in [0.1, 0.15) is 0 Å². The predicted molar refractivity (Wildman–Crippen MR) is 84.7 cm³/mol. The van der Waals surface area contributed by atoms with E-state index in [1.807, 2.05) is 35.7 Å². The third kappa shape index (κ3) is 4.44. The summed E-state index contributed by atoms with van der Waals surface area (Å²) in [6.07, 6.45) is 2.12. The van der Waals surface area contributed by atoms with Gasteiger partial charge in [-0.2, -0.15) is 0 Å². The molecule has 1 aromatic carbocycles. The molecule has 0 aliphatic carbocycles. The first-order valence-electron chi connectivity index (χ1n) is 6.62. The molecular weight excluding hydrogens is 276 g/mol. The second-order valence-electron chi connectivity index (χ2n) is 4.45. The van der Waals surface area contributed by atoms with Gasteiger partial charge < -0.3 is 11.1 Å². The van der Waals surface area contributed by atoms with Crippen molar-refractivity contribution in [3.8, 4) is 0 Å². The summed E-state index contributed by atoms with van der Waals surface area (Å²) in [6.45, 7) is 1.25. The summed E-state index contributed by atoms with van der Waals surface area (Å²) in [7, 11) is 0. The van der Waals surface area contributed by atoms with E-state index in [0.717, 1.165) is 12.0 Å².